The molecule has 0 saturated heterocycles. The number of para-hydroxylation sites is 1. The normalized spacial score (nSPS) is 11.1. The molecule has 10 nitrogen and oxygen atoms in total. The van der Waals surface area contributed by atoms with Gasteiger partial charge in [-0.25, -0.2) is 0 Å². The van der Waals surface area contributed by atoms with E-state index in [9.17, 15) is 19.7 Å². The second-order valence-corrected chi connectivity index (χ2v) is 8.22. The first-order valence-corrected chi connectivity index (χ1v) is 11.0. The Balaban J connectivity index is 1.76. The van der Waals surface area contributed by atoms with Crippen LogP contribution in [-0.2, 0) is 7.05 Å². The molecule has 180 valence electrons. The van der Waals surface area contributed by atoms with Crippen molar-refractivity contribution >= 4 is 39.1 Å². The average Bonchev–Trinajstić information content (AvgIpc) is 3.18. The zero-order chi connectivity index (χ0) is 25.6. The quantitative estimate of drug-likeness (QED) is 0.293. The number of hydrogen-bond acceptors (Lipinski definition) is 6. The number of nitrogens with one attached hydrogen (secondary N) is 1. The Hall–Kier alpha value is -4.99. The SMILES string of the molecule is COc1ccc(-n2nc(C(=O)Nc3cccc([N+](=O)[O-])c3C)c3c4ccccc4n(C)c3c2=O)cc1. The lowest BCUT2D eigenvalue weighted by Gasteiger charge is -2.12. The van der Waals surface area contributed by atoms with Crippen LogP contribution in [0.25, 0.3) is 27.5 Å². The number of nitro groups is 1. The van der Waals surface area contributed by atoms with E-state index < -0.39 is 16.4 Å². The zero-order valence-electron chi connectivity index (χ0n) is 19.7. The van der Waals surface area contributed by atoms with E-state index in [-0.39, 0.29) is 17.1 Å². The smallest absolute Gasteiger partial charge is 0.296 e. The first-order valence-electron chi connectivity index (χ1n) is 11.0. The molecule has 0 spiro atoms. The lowest BCUT2D eigenvalue weighted by Crippen LogP contribution is -2.27. The number of amides is 1. The molecule has 0 aliphatic rings. The van der Waals surface area contributed by atoms with E-state index in [0.29, 0.717) is 33.3 Å². The molecule has 0 aliphatic carbocycles. The van der Waals surface area contributed by atoms with Gasteiger partial charge in [0.05, 0.1) is 29.0 Å². The maximum Gasteiger partial charge on any atom is 0.296 e. The first kappa shape index (κ1) is 22.8. The van der Waals surface area contributed by atoms with Crippen LogP contribution >= 0.6 is 0 Å². The summed E-state index contributed by atoms with van der Waals surface area (Å²) < 4.78 is 8.12. The first-order chi connectivity index (χ1) is 17.3. The van der Waals surface area contributed by atoms with Gasteiger partial charge in [0.25, 0.3) is 17.2 Å². The van der Waals surface area contributed by atoms with Gasteiger partial charge in [-0.3, -0.25) is 19.7 Å². The highest BCUT2D eigenvalue weighted by Gasteiger charge is 2.24. The third-order valence-corrected chi connectivity index (χ3v) is 6.22. The summed E-state index contributed by atoms with van der Waals surface area (Å²) in [4.78, 5) is 38.1. The van der Waals surface area contributed by atoms with Gasteiger partial charge in [0.15, 0.2) is 5.69 Å². The topological polar surface area (TPSA) is 121 Å². The standard InChI is InChI=1S/C26H21N5O5/c1-15-19(8-6-10-20(15)31(34)35)27-25(32)23-22-18-7-4-5-9-21(18)29(2)24(22)26(33)30(28-23)16-11-13-17(36-3)14-12-16/h4-14H,1-3H3,(H,27,32). The van der Waals surface area contributed by atoms with Crippen LogP contribution in [-0.4, -0.2) is 32.3 Å². The molecule has 2 heterocycles. The predicted molar refractivity (Wildman–Crippen MR) is 136 cm³/mol. The van der Waals surface area contributed by atoms with Crippen LogP contribution in [0.4, 0.5) is 11.4 Å². The molecule has 2 aromatic heterocycles. The largest absolute Gasteiger partial charge is 0.497 e. The molecule has 0 atom stereocenters. The molecule has 0 unspecified atom stereocenters. The molecule has 5 aromatic rings. The monoisotopic (exact) mass is 483 g/mol. The lowest BCUT2D eigenvalue weighted by molar-refractivity contribution is -0.385. The Morgan fingerprint density at radius 2 is 1.78 bits per heavy atom. The molecule has 5 rings (SSSR count). The van der Waals surface area contributed by atoms with Gasteiger partial charge < -0.3 is 14.6 Å². The van der Waals surface area contributed by atoms with E-state index in [1.807, 2.05) is 24.3 Å². The van der Waals surface area contributed by atoms with Gasteiger partial charge in [-0.05, 0) is 43.3 Å². The third-order valence-electron chi connectivity index (χ3n) is 6.22. The van der Waals surface area contributed by atoms with Gasteiger partial charge in [0.2, 0.25) is 0 Å². The number of carbonyl (C=O) groups is 1. The summed E-state index contributed by atoms with van der Waals surface area (Å²) in [6, 6.07) is 18.6. The van der Waals surface area contributed by atoms with Gasteiger partial charge in [-0.2, -0.15) is 9.78 Å². The second-order valence-electron chi connectivity index (χ2n) is 8.22. The van der Waals surface area contributed by atoms with Crippen molar-refractivity contribution in [3.05, 3.63) is 98.5 Å². The van der Waals surface area contributed by atoms with E-state index in [2.05, 4.69) is 10.4 Å². The molecule has 1 N–H and O–H groups in total. The minimum Gasteiger partial charge on any atom is -0.497 e. The third kappa shape index (κ3) is 3.56. The molecule has 36 heavy (non-hydrogen) atoms. The van der Waals surface area contributed by atoms with Crippen molar-refractivity contribution in [1.82, 2.24) is 14.3 Å². The predicted octanol–water partition coefficient (Wildman–Crippen LogP) is 4.35. The molecule has 3 aromatic carbocycles. The van der Waals surface area contributed by atoms with Crippen molar-refractivity contribution in [2.75, 3.05) is 12.4 Å². The number of aryl methyl sites for hydroxylation is 1. The highest BCUT2D eigenvalue weighted by atomic mass is 16.6. The summed E-state index contributed by atoms with van der Waals surface area (Å²) in [5, 5.41) is 19.7. The number of aromatic nitrogens is 3. The Kier molecular flexibility index (Phi) is 5.48. The van der Waals surface area contributed by atoms with Crippen LogP contribution < -0.4 is 15.6 Å². The van der Waals surface area contributed by atoms with E-state index >= 15 is 0 Å². The summed E-state index contributed by atoms with van der Waals surface area (Å²) in [5.74, 6) is 0.0128. The van der Waals surface area contributed by atoms with Crippen LogP contribution in [0.1, 0.15) is 16.1 Å². The van der Waals surface area contributed by atoms with Gasteiger partial charge in [0, 0.05) is 29.4 Å². The number of nitrogens with zero attached hydrogens (tertiary/aromatic N) is 4. The van der Waals surface area contributed by atoms with E-state index in [1.54, 1.807) is 56.0 Å². The Labute approximate surface area is 204 Å². The fourth-order valence-corrected chi connectivity index (χ4v) is 4.37. The molecule has 0 bridgehead atoms. The average molecular weight is 483 g/mol. The lowest BCUT2D eigenvalue weighted by atomic mass is 10.1. The van der Waals surface area contributed by atoms with E-state index in [0.717, 1.165) is 5.52 Å². The highest BCUT2D eigenvalue weighted by molar-refractivity contribution is 6.19. The highest BCUT2D eigenvalue weighted by Crippen LogP contribution is 2.30. The van der Waals surface area contributed by atoms with Crippen LogP contribution in [0.15, 0.2) is 71.5 Å². The van der Waals surface area contributed by atoms with Crippen LogP contribution in [0.5, 0.6) is 5.75 Å². The minimum absolute atomic E-state index is 0.0168. The van der Waals surface area contributed by atoms with Crippen molar-refractivity contribution in [3.8, 4) is 11.4 Å². The van der Waals surface area contributed by atoms with Crippen LogP contribution in [0.3, 0.4) is 0 Å². The zero-order valence-corrected chi connectivity index (χ0v) is 19.7. The number of nitro benzene ring substituents is 1. The summed E-state index contributed by atoms with van der Waals surface area (Å²) in [5.41, 5.74) is 1.63. The summed E-state index contributed by atoms with van der Waals surface area (Å²) in [6.07, 6.45) is 0. The Morgan fingerprint density at radius 3 is 2.47 bits per heavy atom. The molecule has 0 aliphatic heterocycles. The van der Waals surface area contributed by atoms with Crippen LogP contribution in [0, 0.1) is 17.0 Å². The van der Waals surface area contributed by atoms with E-state index in [1.165, 1.54) is 16.8 Å². The molecule has 1 amide bonds. The van der Waals surface area contributed by atoms with Crippen molar-refractivity contribution in [1.29, 1.82) is 0 Å². The number of fused-ring (bicyclic) bond motifs is 3. The van der Waals surface area contributed by atoms with Gasteiger partial charge in [0.1, 0.15) is 11.3 Å². The van der Waals surface area contributed by atoms with E-state index in [4.69, 9.17) is 4.74 Å². The fourth-order valence-electron chi connectivity index (χ4n) is 4.37. The Morgan fingerprint density at radius 1 is 1.06 bits per heavy atom. The number of methoxy groups -OCH3 is 1. The van der Waals surface area contributed by atoms with Gasteiger partial charge in [-0.1, -0.05) is 24.3 Å². The maximum atomic E-state index is 13.6. The number of rotatable bonds is 5. The number of hydrogen-bond donors (Lipinski definition) is 1. The number of anilines is 1. The molecular formula is C26H21N5O5. The number of carbonyl (C=O) groups excluding carboxylic acids is 1. The fraction of sp³-hybridized carbons (Fsp3) is 0.115. The number of ether oxygens (including phenoxy) is 1. The molecular weight excluding hydrogens is 462 g/mol. The molecule has 0 saturated carbocycles. The van der Waals surface area contributed by atoms with Crippen molar-refractivity contribution in [2.45, 2.75) is 6.92 Å². The summed E-state index contributed by atoms with van der Waals surface area (Å²) in [6.45, 7) is 1.56. The summed E-state index contributed by atoms with van der Waals surface area (Å²) >= 11 is 0. The number of benzene rings is 3. The second kappa shape index (κ2) is 8.66. The molecule has 10 heteroatoms. The van der Waals surface area contributed by atoms with Crippen LogP contribution in [0.2, 0.25) is 0 Å². The Bertz CT molecular complexity index is 1730. The van der Waals surface area contributed by atoms with Gasteiger partial charge >= 0.3 is 0 Å². The van der Waals surface area contributed by atoms with Gasteiger partial charge in [-0.15, -0.1) is 0 Å². The van der Waals surface area contributed by atoms with Crippen molar-refractivity contribution in [3.63, 3.8) is 0 Å². The van der Waals surface area contributed by atoms with Crippen molar-refractivity contribution < 1.29 is 14.5 Å². The summed E-state index contributed by atoms with van der Waals surface area (Å²) in [7, 11) is 3.30. The molecule has 0 radical (unpaired) electrons. The minimum atomic E-state index is -0.595. The maximum absolute atomic E-state index is 13.6. The van der Waals surface area contributed by atoms with Crippen molar-refractivity contribution in [2.24, 2.45) is 7.05 Å². The molecule has 0 fully saturated rings.